The molecule has 1 atom stereocenters. The van der Waals surface area contributed by atoms with Gasteiger partial charge in [-0.1, -0.05) is 41.9 Å². The number of hydrogen-bond donors (Lipinski definition) is 0. The van der Waals surface area contributed by atoms with Crippen molar-refractivity contribution >= 4 is 29.8 Å². The van der Waals surface area contributed by atoms with Crippen LogP contribution in [-0.2, 0) is 6.42 Å². The summed E-state index contributed by atoms with van der Waals surface area (Å²) in [6, 6.07) is 13.9. The van der Waals surface area contributed by atoms with Crippen molar-refractivity contribution in [3.05, 3.63) is 64.2 Å². The molecule has 122 valence electrons. The molecule has 5 heteroatoms. The summed E-state index contributed by atoms with van der Waals surface area (Å²) in [5.41, 5.74) is 3.36. The van der Waals surface area contributed by atoms with Gasteiger partial charge >= 0.3 is 0 Å². The molecule has 3 nitrogen and oxygen atoms in total. The van der Waals surface area contributed by atoms with Gasteiger partial charge in [0.15, 0.2) is 0 Å². The number of amidine groups is 1. The number of hydrogen-bond acceptors (Lipinski definition) is 3. The first-order valence-electron chi connectivity index (χ1n) is 7.26. The molecule has 1 unspecified atom stereocenters. The smallest absolute Gasteiger partial charge is 0.124 e. The Morgan fingerprint density at radius 1 is 1.13 bits per heavy atom. The Kier molecular flexibility index (Phi) is 5.55. The fourth-order valence-corrected chi connectivity index (χ4v) is 3.10. The van der Waals surface area contributed by atoms with Crippen LogP contribution in [0.3, 0.4) is 0 Å². The number of nitrogens with zero attached hydrogens (tertiary/aromatic N) is 2. The summed E-state index contributed by atoms with van der Waals surface area (Å²) in [4.78, 5) is 7.00. The van der Waals surface area contributed by atoms with Gasteiger partial charge in [-0.25, -0.2) is 0 Å². The standard InChI is InChI=1S/C18H19ClN2O.ClH/c1-21(2)16-11-12-7-6-10-15(22-3)17(12)18(20-16)13-8-4-5-9-14(13)19;/h4-10,18H,11H2,1-3H3;1H. The van der Waals surface area contributed by atoms with Crippen molar-refractivity contribution < 1.29 is 4.74 Å². The maximum absolute atomic E-state index is 6.42. The van der Waals surface area contributed by atoms with E-state index in [1.165, 1.54) is 5.56 Å². The zero-order valence-electron chi connectivity index (χ0n) is 13.4. The molecule has 1 heterocycles. The number of aliphatic imine (C=N–C) groups is 1. The van der Waals surface area contributed by atoms with E-state index in [1.54, 1.807) is 7.11 Å². The van der Waals surface area contributed by atoms with Gasteiger partial charge in [-0.05, 0) is 23.3 Å². The summed E-state index contributed by atoms with van der Waals surface area (Å²) in [5.74, 6) is 1.91. The second kappa shape index (κ2) is 7.24. The molecule has 0 amide bonds. The first-order valence-corrected chi connectivity index (χ1v) is 7.63. The van der Waals surface area contributed by atoms with Gasteiger partial charge in [0.2, 0.25) is 0 Å². The van der Waals surface area contributed by atoms with Gasteiger partial charge in [0.25, 0.3) is 0 Å². The fraction of sp³-hybridized carbons (Fsp3) is 0.278. The lowest BCUT2D eigenvalue weighted by Crippen LogP contribution is -2.29. The zero-order valence-corrected chi connectivity index (χ0v) is 15.0. The molecule has 0 aromatic heterocycles. The molecule has 1 aliphatic rings. The van der Waals surface area contributed by atoms with E-state index in [0.717, 1.165) is 34.2 Å². The molecule has 23 heavy (non-hydrogen) atoms. The molecule has 3 rings (SSSR count). The van der Waals surface area contributed by atoms with E-state index < -0.39 is 0 Å². The fourth-order valence-electron chi connectivity index (χ4n) is 2.86. The highest BCUT2D eigenvalue weighted by Crippen LogP contribution is 2.41. The van der Waals surface area contributed by atoms with Crippen LogP contribution in [0.5, 0.6) is 5.75 Å². The van der Waals surface area contributed by atoms with Gasteiger partial charge < -0.3 is 9.64 Å². The number of halogens is 2. The lowest BCUT2D eigenvalue weighted by Gasteiger charge is -2.29. The third-order valence-corrected chi connectivity index (χ3v) is 4.34. The van der Waals surface area contributed by atoms with Crippen molar-refractivity contribution in [2.24, 2.45) is 4.99 Å². The highest BCUT2D eigenvalue weighted by Gasteiger charge is 2.28. The van der Waals surface area contributed by atoms with Crippen LogP contribution in [0.15, 0.2) is 47.5 Å². The van der Waals surface area contributed by atoms with Crippen LogP contribution in [0.25, 0.3) is 0 Å². The van der Waals surface area contributed by atoms with Crippen LogP contribution in [0.2, 0.25) is 5.02 Å². The van der Waals surface area contributed by atoms with E-state index in [-0.39, 0.29) is 18.4 Å². The maximum atomic E-state index is 6.42. The van der Waals surface area contributed by atoms with Crippen LogP contribution >= 0.6 is 24.0 Å². The number of methoxy groups -OCH3 is 1. The molecule has 0 fully saturated rings. The lowest BCUT2D eigenvalue weighted by molar-refractivity contribution is 0.406. The Hall–Kier alpha value is -1.71. The van der Waals surface area contributed by atoms with Gasteiger partial charge in [0.1, 0.15) is 17.6 Å². The molecule has 0 radical (unpaired) electrons. The molecule has 0 aliphatic carbocycles. The molecular weight excluding hydrogens is 331 g/mol. The third-order valence-electron chi connectivity index (χ3n) is 3.99. The minimum atomic E-state index is -0.133. The Bertz CT molecular complexity index is 729. The Morgan fingerprint density at radius 2 is 1.87 bits per heavy atom. The van der Waals surface area contributed by atoms with E-state index in [0.29, 0.717) is 0 Å². The Morgan fingerprint density at radius 3 is 2.52 bits per heavy atom. The highest BCUT2D eigenvalue weighted by molar-refractivity contribution is 6.31. The van der Waals surface area contributed by atoms with Crippen molar-refractivity contribution in [1.82, 2.24) is 4.90 Å². The first-order chi connectivity index (χ1) is 10.6. The summed E-state index contributed by atoms with van der Waals surface area (Å²) in [5, 5.41) is 0.730. The van der Waals surface area contributed by atoms with Crippen LogP contribution in [-0.4, -0.2) is 31.9 Å². The number of fused-ring (bicyclic) bond motifs is 1. The number of likely N-dealkylation sites (N-methyl/N-ethyl adjacent to an activating group) is 1. The topological polar surface area (TPSA) is 24.8 Å². The minimum absolute atomic E-state index is 0. The van der Waals surface area contributed by atoms with Gasteiger partial charge in [0.05, 0.1) is 7.11 Å². The molecule has 0 spiro atoms. The molecule has 0 saturated carbocycles. The summed E-state index contributed by atoms with van der Waals surface area (Å²) in [7, 11) is 5.74. The lowest BCUT2D eigenvalue weighted by atomic mass is 9.89. The van der Waals surface area contributed by atoms with E-state index in [9.17, 15) is 0 Å². The number of ether oxygens (including phenoxy) is 1. The third kappa shape index (κ3) is 3.31. The van der Waals surface area contributed by atoms with Crippen LogP contribution in [0.4, 0.5) is 0 Å². The predicted octanol–water partition coefficient (Wildman–Crippen LogP) is 4.38. The number of benzene rings is 2. The van der Waals surface area contributed by atoms with E-state index in [4.69, 9.17) is 21.3 Å². The molecule has 2 aromatic rings. The Balaban J connectivity index is 0.00000192. The molecular formula is C18H20Cl2N2O. The van der Waals surface area contributed by atoms with Crippen molar-refractivity contribution in [2.75, 3.05) is 21.2 Å². The largest absolute Gasteiger partial charge is 0.496 e. The SMILES string of the molecule is COc1cccc2c1C(c1ccccc1Cl)N=C(N(C)C)C2.Cl. The summed E-state index contributed by atoms with van der Waals surface area (Å²) < 4.78 is 5.57. The quantitative estimate of drug-likeness (QED) is 0.802. The van der Waals surface area contributed by atoms with Gasteiger partial charge in [-0.3, -0.25) is 4.99 Å². The highest BCUT2D eigenvalue weighted by atomic mass is 35.5. The average molecular weight is 351 g/mol. The van der Waals surface area contributed by atoms with Crippen molar-refractivity contribution in [3.63, 3.8) is 0 Å². The second-order valence-electron chi connectivity index (χ2n) is 5.57. The van der Waals surface area contributed by atoms with Crippen molar-refractivity contribution in [3.8, 4) is 5.75 Å². The summed E-state index contributed by atoms with van der Waals surface area (Å²) in [6.45, 7) is 0. The molecule has 0 N–H and O–H groups in total. The first kappa shape index (κ1) is 17.6. The Labute approximate surface area is 148 Å². The molecule has 0 saturated heterocycles. The van der Waals surface area contributed by atoms with Crippen molar-refractivity contribution in [1.29, 1.82) is 0 Å². The van der Waals surface area contributed by atoms with Gasteiger partial charge in [-0.2, -0.15) is 0 Å². The van der Waals surface area contributed by atoms with Gasteiger partial charge in [-0.15, -0.1) is 12.4 Å². The van der Waals surface area contributed by atoms with Gasteiger partial charge in [0, 0.05) is 31.1 Å². The van der Waals surface area contributed by atoms with Crippen LogP contribution in [0, 0.1) is 0 Å². The summed E-state index contributed by atoms with van der Waals surface area (Å²) in [6.07, 6.45) is 0.806. The van der Waals surface area contributed by atoms with E-state index in [1.807, 2.05) is 50.5 Å². The normalized spacial score (nSPS) is 16.0. The number of rotatable bonds is 2. The van der Waals surface area contributed by atoms with E-state index in [2.05, 4.69) is 11.0 Å². The monoisotopic (exact) mass is 350 g/mol. The summed E-state index contributed by atoms with van der Waals surface area (Å²) >= 11 is 6.42. The second-order valence-corrected chi connectivity index (χ2v) is 5.98. The van der Waals surface area contributed by atoms with E-state index >= 15 is 0 Å². The predicted molar refractivity (Wildman–Crippen MR) is 98.4 cm³/mol. The molecule has 1 aliphatic heterocycles. The molecule has 0 bridgehead atoms. The van der Waals surface area contributed by atoms with Crippen LogP contribution in [0.1, 0.15) is 22.7 Å². The minimum Gasteiger partial charge on any atom is -0.496 e. The average Bonchev–Trinajstić information content (AvgIpc) is 2.53. The maximum Gasteiger partial charge on any atom is 0.124 e. The van der Waals surface area contributed by atoms with Crippen LogP contribution < -0.4 is 4.74 Å². The molecule has 2 aromatic carbocycles. The zero-order chi connectivity index (χ0) is 15.7. The van der Waals surface area contributed by atoms with Crippen molar-refractivity contribution in [2.45, 2.75) is 12.5 Å².